The van der Waals surface area contributed by atoms with Crippen LogP contribution in [0.2, 0.25) is 0 Å². The average molecular weight is 290 g/mol. The van der Waals surface area contributed by atoms with Crippen LogP contribution in [0.15, 0.2) is 18.2 Å². The van der Waals surface area contributed by atoms with E-state index in [1.165, 1.54) is 0 Å². The molecule has 1 aromatic rings. The van der Waals surface area contributed by atoms with Gasteiger partial charge in [-0.3, -0.25) is 4.79 Å². The molecule has 1 saturated heterocycles. The molecule has 0 spiro atoms. The number of morpholine rings is 1. The van der Waals surface area contributed by atoms with E-state index in [0.29, 0.717) is 13.2 Å². The highest BCUT2D eigenvalue weighted by atomic mass is 16.5. The number of carbonyl (C=O) groups is 1. The molecule has 1 aliphatic heterocycles. The molecular weight excluding hydrogens is 264 g/mol. The van der Waals surface area contributed by atoms with Gasteiger partial charge < -0.3 is 15.0 Å². The highest BCUT2D eigenvalue weighted by Gasteiger charge is 2.30. The summed E-state index contributed by atoms with van der Waals surface area (Å²) in [4.78, 5) is 14.8. The van der Waals surface area contributed by atoms with Gasteiger partial charge in [0.1, 0.15) is 0 Å². The van der Waals surface area contributed by atoms with Crippen molar-refractivity contribution >= 4 is 11.6 Å². The molecule has 116 valence electrons. The summed E-state index contributed by atoms with van der Waals surface area (Å²) >= 11 is 0. The quantitative estimate of drug-likeness (QED) is 0.926. The highest BCUT2D eigenvalue weighted by Crippen LogP contribution is 2.21. The third-order valence-electron chi connectivity index (χ3n) is 4.04. The van der Waals surface area contributed by atoms with Crippen molar-refractivity contribution in [1.29, 1.82) is 0 Å². The number of nitrogens with zero attached hydrogens (tertiary/aromatic N) is 1. The van der Waals surface area contributed by atoms with Crippen LogP contribution in [-0.4, -0.2) is 42.6 Å². The van der Waals surface area contributed by atoms with Gasteiger partial charge >= 0.3 is 0 Å². The third kappa shape index (κ3) is 3.56. The molecular formula is C17H26N2O2. The first-order chi connectivity index (χ1) is 10.1. The summed E-state index contributed by atoms with van der Waals surface area (Å²) in [6.07, 6.45) is 1.03. The van der Waals surface area contributed by atoms with Gasteiger partial charge in [0, 0.05) is 24.3 Å². The Hall–Kier alpha value is -1.55. The Bertz CT molecular complexity index is 502. The van der Waals surface area contributed by atoms with Crippen molar-refractivity contribution in [2.45, 2.75) is 46.3 Å². The van der Waals surface area contributed by atoms with Crippen molar-refractivity contribution < 1.29 is 9.53 Å². The van der Waals surface area contributed by atoms with Gasteiger partial charge in [-0.15, -0.1) is 0 Å². The van der Waals surface area contributed by atoms with E-state index in [1.54, 1.807) is 0 Å². The third-order valence-corrected chi connectivity index (χ3v) is 4.04. The summed E-state index contributed by atoms with van der Waals surface area (Å²) in [5.74, 6) is 0.123. The predicted molar refractivity (Wildman–Crippen MR) is 85.9 cm³/mol. The lowest BCUT2D eigenvalue weighted by Gasteiger charge is -2.38. The fourth-order valence-electron chi connectivity index (χ4n) is 2.80. The Balaban J connectivity index is 2.21. The number of anilines is 1. The second-order valence-electron chi connectivity index (χ2n) is 5.72. The molecule has 0 radical (unpaired) electrons. The summed E-state index contributed by atoms with van der Waals surface area (Å²) in [5, 5.41) is 3.28. The number of carbonyl (C=O) groups excluding carboxylic acids is 1. The molecule has 1 amide bonds. The van der Waals surface area contributed by atoms with E-state index in [-0.39, 0.29) is 18.1 Å². The molecule has 1 aliphatic rings. The van der Waals surface area contributed by atoms with Crippen LogP contribution in [0.4, 0.5) is 5.69 Å². The van der Waals surface area contributed by atoms with Gasteiger partial charge in [0.25, 0.3) is 5.91 Å². The van der Waals surface area contributed by atoms with Gasteiger partial charge in [-0.2, -0.15) is 0 Å². The van der Waals surface area contributed by atoms with Gasteiger partial charge in [-0.25, -0.2) is 0 Å². The molecule has 2 atom stereocenters. The number of hydrogen-bond donors (Lipinski definition) is 1. The smallest absolute Gasteiger partial charge is 0.254 e. The van der Waals surface area contributed by atoms with Crippen molar-refractivity contribution in [3.8, 4) is 0 Å². The first kappa shape index (κ1) is 15.8. The summed E-state index contributed by atoms with van der Waals surface area (Å²) in [6, 6.07) is 6.14. The molecule has 0 aromatic heterocycles. The zero-order chi connectivity index (χ0) is 15.4. The Morgan fingerprint density at radius 3 is 2.81 bits per heavy atom. The molecule has 1 aromatic carbocycles. The molecule has 2 unspecified atom stereocenters. The van der Waals surface area contributed by atoms with E-state index in [2.05, 4.69) is 19.2 Å². The van der Waals surface area contributed by atoms with E-state index in [9.17, 15) is 4.79 Å². The van der Waals surface area contributed by atoms with Crippen molar-refractivity contribution in [2.75, 3.05) is 25.0 Å². The van der Waals surface area contributed by atoms with Gasteiger partial charge in [-0.1, -0.05) is 6.92 Å². The van der Waals surface area contributed by atoms with Crippen LogP contribution in [0.5, 0.6) is 0 Å². The number of amides is 1. The zero-order valence-corrected chi connectivity index (χ0v) is 13.5. The lowest BCUT2D eigenvalue weighted by Crippen LogP contribution is -2.51. The monoisotopic (exact) mass is 290 g/mol. The molecule has 1 heterocycles. The molecule has 2 rings (SSSR count). The number of rotatable bonds is 4. The van der Waals surface area contributed by atoms with E-state index >= 15 is 0 Å². The maximum atomic E-state index is 12.9. The summed E-state index contributed by atoms with van der Waals surface area (Å²) in [7, 11) is 0. The van der Waals surface area contributed by atoms with Crippen molar-refractivity contribution in [2.24, 2.45) is 0 Å². The molecule has 21 heavy (non-hydrogen) atoms. The molecule has 0 aliphatic carbocycles. The van der Waals surface area contributed by atoms with Crippen LogP contribution in [0.3, 0.4) is 0 Å². The van der Waals surface area contributed by atoms with Crippen LogP contribution in [0, 0.1) is 6.92 Å². The maximum Gasteiger partial charge on any atom is 0.254 e. The van der Waals surface area contributed by atoms with Gasteiger partial charge in [-0.05, 0) is 51.0 Å². The number of aryl methyl sites for hydroxylation is 1. The minimum Gasteiger partial charge on any atom is -0.385 e. The minimum absolute atomic E-state index is 0.109. The zero-order valence-electron chi connectivity index (χ0n) is 13.5. The van der Waals surface area contributed by atoms with Crippen molar-refractivity contribution in [3.63, 3.8) is 0 Å². The maximum absolute atomic E-state index is 12.9. The lowest BCUT2D eigenvalue weighted by atomic mass is 10.0. The highest BCUT2D eigenvalue weighted by molar-refractivity contribution is 5.96. The Morgan fingerprint density at radius 1 is 1.43 bits per heavy atom. The summed E-state index contributed by atoms with van der Waals surface area (Å²) < 4.78 is 5.68. The van der Waals surface area contributed by atoms with Crippen molar-refractivity contribution in [3.05, 3.63) is 29.3 Å². The van der Waals surface area contributed by atoms with E-state index in [4.69, 9.17) is 4.74 Å². The minimum atomic E-state index is 0.109. The fourth-order valence-corrected chi connectivity index (χ4v) is 2.80. The first-order valence-electron chi connectivity index (χ1n) is 7.83. The van der Waals surface area contributed by atoms with Crippen LogP contribution in [-0.2, 0) is 4.74 Å². The summed E-state index contributed by atoms with van der Waals surface area (Å²) in [5.41, 5.74) is 2.88. The number of ether oxygens (including phenoxy) is 1. The number of hydrogen-bond acceptors (Lipinski definition) is 3. The largest absolute Gasteiger partial charge is 0.385 e. The SMILES string of the molecule is CCNc1ccc(C(=O)N2CC(C)OCC2CC)c(C)c1. The summed E-state index contributed by atoms with van der Waals surface area (Å²) in [6.45, 7) is 10.4. The topological polar surface area (TPSA) is 41.6 Å². The van der Waals surface area contributed by atoms with Crippen LogP contribution < -0.4 is 5.32 Å². The molecule has 4 heteroatoms. The molecule has 4 nitrogen and oxygen atoms in total. The molecule has 1 N–H and O–H groups in total. The lowest BCUT2D eigenvalue weighted by molar-refractivity contribution is -0.0444. The Labute approximate surface area is 127 Å². The van der Waals surface area contributed by atoms with Crippen LogP contribution in [0.1, 0.15) is 43.1 Å². The standard InChI is InChI=1S/C17H26N2O2/c1-5-15-11-21-13(4)10-19(15)17(20)16-8-7-14(18-6-2)9-12(16)3/h7-9,13,15,18H,5-6,10-11H2,1-4H3. The van der Waals surface area contributed by atoms with Crippen molar-refractivity contribution in [1.82, 2.24) is 4.90 Å². The Kier molecular flexibility index (Phi) is 5.23. The Morgan fingerprint density at radius 2 is 2.19 bits per heavy atom. The van der Waals surface area contributed by atoms with E-state index in [0.717, 1.165) is 29.8 Å². The van der Waals surface area contributed by atoms with E-state index in [1.807, 2.05) is 36.9 Å². The fraction of sp³-hybridized carbons (Fsp3) is 0.588. The number of nitrogens with one attached hydrogen (secondary N) is 1. The average Bonchev–Trinajstić information content (AvgIpc) is 2.47. The predicted octanol–water partition coefficient (Wildman–Crippen LogP) is 3.07. The number of benzene rings is 1. The van der Waals surface area contributed by atoms with Crippen LogP contribution >= 0.6 is 0 Å². The first-order valence-corrected chi connectivity index (χ1v) is 7.83. The van der Waals surface area contributed by atoms with Gasteiger partial charge in [0.2, 0.25) is 0 Å². The normalized spacial score (nSPS) is 22.2. The molecule has 1 fully saturated rings. The molecule has 0 bridgehead atoms. The van der Waals surface area contributed by atoms with Gasteiger partial charge in [0.15, 0.2) is 0 Å². The van der Waals surface area contributed by atoms with Gasteiger partial charge in [0.05, 0.1) is 18.8 Å². The second kappa shape index (κ2) is 6.94. The van der Waals surface area contributed by atoms with E-state index < -0.39 is 0 Å². The molecule has 0 saturated carbocycles. The second-order valence-corrected chi connectivity index (χ2v) is 5.72. The van der Waals surface area contributed by atoms with Crippen LogP contribution in [0.25, 0.3) is 0 Å².